The SMILES string of the molecule is Cc1cc(F)cc2c1N(C(=O)c1cccc[n+]1[O-])CCC2. The first-order valence-electron chi connectivity index (χ1n) is 6.87. The first-order valence-corrected chi connectivity index (χ1v) is 6.87. The van der Waals surface area contributed by atoms with E-state index in [0.717, 1.165) is 24.1 Å². The zero-order chi connectivity index (χ0) is 15.0. The van der Waals surface area contributed by atoms with Crippen LogP contribution < -0.4 is 9.63 Å². The second-order valence-corrected chi connectivity index (χ2v) is 5.20. The zero-order valence-electron chi connectivity index (χ0n) is 11.7. The second-order valence-electron chi connectivity index (χ2n) is 5.20. The van der Waals surface area contributed by atoms with Gasteiger partial charge in [0, 0.05) is 18.7 Å². The Morgan fingerprint density at radius 3 is 2.95 bits per heavy atom. The van der Waals surface area contributed by atoms with Crippen molar-refractivity contribution >= 4 is 11.6 Å². The highest BCUT2D eigenvalue weighted by atomic mass is 19.1. The van der Waals surface area contributed by atoms with Gasteiger partial charge < -0.3 is 10.1 Å². The van der Waals surface area contributed by atoms with Crippen LogP contribution in [-0.4, -0.2) is 12.5 Å². The molecule has 2 heterocycles. The smallest absolute Gasteiger partial charge is 0.324 e. The molecule has 1 aromatic heterocycles. The van der Waals surface area contributed by atoms with Gasteiger partial charge in [-0.1, -0.05) is 0 Å². The van der Waals surface area contributed by atoms with Crippen LogP contribution in [0.3, 0.4) is 0 Å². The Balaban J connectivity index is 2.07. The molecule has 0 bridgehead atoms. The van der Waals surface area contributed by atoms with Gasteiger partial charge >= 0.3 is 5.91 Å². The van der Waals surface area contributed by atoms with E-state index in [4.69, 9.17) is 0 Å². The highest BCUT2D eigenvalue weighted by molar-refractivity contribution is 6.05. The van der Waals surface area contributed by atoms with Crippen LogP contribution >= 0.6 is 0 Å². The number of halogens is 1. The van der Waals surface area contributed by atoms with Crippen LogP contribution in [0.4, 0.5) is 10.1 Å². The third-order valence-corrected chi connectivity index (χ3v) is 3.73. The molecular weight excluding hydrogens is 271 g/mol. The molecule has 21 heavy (non-hydrogen) atoms. The maximum absolute atomic E-state index is 13.5. The molecule has 5 heteroatoms. The van der Waals surface area contributed by atoms with Gasteiger partial charge in [-0.15, -0.1) is 0 Å². The third-order valence-electron chi connectivity index (χ3n) is 3.73. The standard InChI is InChI=1S/C16H15FN2O2/c1-11-9-13(17)10-12-5-4-7-18(15(11)12)16(20)14-6-2-3-8-19(14)21/h2-3,6,8-10H,4-5,7H2,1H3. The van der Waals surface area contributed by atoms with Crippen molar-refractivity contribution in [3.05, 3.63) is 64.4 Å². The van der Waals surface area contributed by atoms with E-state index in [0.29, 0.717) is 16.8 Å². The summed E-state index contributed by atoms with van der Waals surface area (Å²) in [5.41, 5.74) is 2.34. The Labute approximate surface area is 122 Å². The fraction of sp³-hybridized carbons (Fsp3) is 0.250. The summed E-state index contributed by atoms with van der Waals surface area (Å²) in [4.78, 5) is 14.2. The van der Waals surface area contributed by atoms with Gasteiger partial charge in [0.05, 0.1) is 5.69 Å². The molecule has 1 amide bonds. The van der Waals surface area contributed by atoms with E-state index in [1.165, 1.54) is 24.4 Å². The molecule has 0 saturated heterocycles. The van der Waals surface area contributed by atoms with E-state index in [1.807, 2.05) is 0 Å². The molecule has 0 unspecified atom stereocenters. The lowest BCUT2D eigenvalue weighted by molar-refractivity contribution is -0.607. The number of benzene rings is 1. The van der Waals surface area contributed by atoms with Gasteiger partial charge in [-0.3, -0.25) is 4.79 Å². The van der Waals surface area contributed by atoms with Crippen LogP contribution in [0.1, 0.15) is 28.0 Å². The van der Waals surface area contributed by atoms with Gasteiger partial charge in [0.25, 0.3) is 5.69 Å². The Hall–Kier alpha value is -2.43. The quantitative estimate of drug-likeness (QED) is 0.597. The number of amides is 1. The number of rotatable bonds is 1. The molecule has 0 radical (unpaired) electrons. The molecule has 1 aliphatic rings. The fourth-order valence-corrected chi connectivity index (χ4v) is 2.86. The number of hydrogen-bond donors (Lipinski definition) is 0. The molecule has 0 aliphatic carbocycles. The van der Waals surface area contributed by atoms with Crippen LogP contribution in [0.25, 0.3) is 0 Å². The minimum absolute atomic E-state index is 0.0778. The molecule has 0 saturated carbocycles. The van der Waals surface area contributed by atoms with Crippen molar-refractivity contribution in [3.63, 3.8) is 0 Å². The maximum Gasteiger partial charge on any atom is 0.324 e. The summed E-state index contributed by atoms with van der Waals surface area (Å²) in [7, 11) is 0. The zero-order valence-corrected chi connectivity index (χ0v) is 11.7. The summed E-state index contributed by atoms with van der Waals surface area (Å²) in [6.07, 6.45) is 2.80. The third kappa shape index (κ3) is 2.35. The molecule has 0 fully saturated rings. The first-order chi connectivity index (χ1) is 10.1. The van der Waals surface area contributed by atoms with Crippen molar-refractivity contribution in [3.8, 4) is 0 Å². The number of hydrogen-bond acceptors (Lipinski definition) is 2. The number of aryl methyl sites for hydroxylation is 2. The van der Waals surface area contributed by atoms with Crippen LogP contribution in [0, 0.1) is 17.9 Å². The van der Waals surface area contributed by atoms with Gasteiger partial charge in [0.2, 0.25) is 0 Å². The van der Waals surface area contributed by atoms with Gasteiger partial charge in [-0.25, -0.2) is 4.39 Å². The van der Waals surface area contributed by atoms with E-state index in [9.17, 15) is 14.4 Å². The lowest BCUT2D eigenvalue weighted by Crippen LogP contribution is -2.43. The van der Waals surface area contributed by atoms with Gasteiger partial charge in [0.15, 0.2) is 6.20 Å². The number of pyridine rings is 1. The fourth-order valence-electron chi connectivity index (χ4n) is 2.86. The Morgan fingerprint density at radius 2 is 2.19 bits per heavy atom. The van der Waals surface area contributed by atoms with Gasteiger partial charge in [0.1, 0.15) is 5.82 Å². The topological polar surface area (TPSA) is 47.2 Å². The van der Waals surface area contributed by atoms with Crippen LogP contribution in [0.5, 0.6) is 0 Å². The lowest BCUT2D eigenvalue weighted by atomic mass is 9.97. The van der Waals surface area contributed by atoms with E-state index >= 15 is 0 Å². The normalized spacial score (nSPS) is 13.9. The minimum atomic E-state index is -0.346. The van der Waals surface area contributed by atoms with E-state index in [2.05, 4.69) is 0 Å². The monoisotopic (exact) mass is 286 g/mol. The average molecular weight is 286 g/mol. The molecule has 0 atom stereocenters. The predicted octanol–water partition coefficient (Wildman–Crippen LogP) is 2.36. The van der Waals surface area contributed by atoms with Gasteiger partial charge in [-0.05, 0) is 49.1 Å². The van der Waals surface area contributed by atoms with Crippen LogP contribution in [-0.2, 0) is 6.42 Å². The number of anilines is 1. The average Bonchev–Trinajstić information content (AvgIpc) is 2.46. The molecule has 4 nitrogen and oxygen atoms in total. The van der Waals surface area contributed by atoms with E-state index in [1.54, 1.807) is 24.0 Å². The summed E-state index contributed by atoms with van der Waals surface area (Å²) in [5, 5.41) is 11.8. The van der Waals surface area contributed by atoms with Crippen molar-refractivity contribution in [1.82, 2.24) is 0 Å². The van der Waals surface area contributed by atoms with Crippen LogP contribution in [0.2, 0.25) is 0 Å². The largest absolute Gasteiger partial charge is 0.618 e. The summed E-state index contributed by atoms with van der Waals surface area (Å²) in [6, 6.07) is 7.62. The molecular formula is C16H15FN2O2. The van der Waals surface area contributed by atoms with E-state index in [-0.39, 0.29) is 17.4 Å². The highest BCUT2D eigenvalue weighted by Gasteiger charge is 2.29. The van der Waals surface area contributed by atoms with Crippen molar-refractivity contribution in [2.24, 2.45) is 0 Å². The van der Waals surface area contributed by atoms with E-state index < -0.39 is 0 Å². The highest BCUT2D eigenvalue weighted by Crippen LogP contribution is 2.32. The molecule has 3 rings (SSSR count). The number of carbonyl (C=O) groups is 1. The number of carbonyl (C=O) groups excluding carboxylic acids is 1. The molecule has 108 valence electrons. The van der Waals surface area contributed by atoms with Crippen molar-refractivity contribution in [2.45, 2.75) is 19.8 Å². The number of fused-ring (bicyclic) bond motifs is 1. The van der Waals surface area contributed by atoms with Crippen molar-refractivity contribution in [2.75, 3.05) is 11.4 Å². The predicted molar refractivity (Wildman–Crippen MR) is 76.5 cm³/mol. The number of aromatic nitrogens is 1. The summed E-state index contributed by atoms with van der Waals surface area (Å²) in [6.45, 7) is 2.32. The Bertz CT molecular complexity index is 715. The summed E-state index contributed by atoms with van der Waals surface area (Å²) >= 11 is 0. The second kappa shape index (κ2) is 5.16. The molecule has 1 aromatic carbocycles. The van der Waals surface area contributed by atoms with Crippen molar-refractivity contribution in [1.29, 1.82) is 0 Å². The summed E-state index contributed by atoms with van der Waals surface area (Å²) < 4.78 is 14.1. The minimum Gasteiger partial charge on any atom is -0.618 e. The molecule has 0 spiro atoms. The maximum atomic E-state index is 13.5. The Morgan fingerprint density at radius 1 is 1.38 bits per heavy atom. The van der Waals surface area contributed by atoms with Crippen LogP contribution in [0.15, 0.2) is 36.5 Å². The molecule has 2 aromatic rings. The van der Waals surface area contributed by atoms with Crippen molar-refractivity contribution < 1.29 is 13.9 Å². The first kappa shape index (κ1) is 13.5. The molecule has 1 aliphatic heterocycles. The van der Waals surface area contributed by atoms with Gasteiger partial charge in [-0.2, -0.15) is 4.73 Å². The summed E-state index contributed by atoms with van der Waals surface area (Å²) in [5.74, 6) is -0.639. The number of nitrogens with zero attached hydrogens (tertiary/aromatic N) is 2. The lowest BCUT2D eigenvalue weighted by Gasteiger charge is -2.30. The Kier molecular flexibility index (Phi) is 3.33. The molecule has 0 N–H and O–H groups in total.